The molecular weight excluding hydrogens is 1100 g/mol. The molecular formula is C73H131NO13. The zero-order valence-electron chi connectivity index (χ0n) is 55.0. The Kier molecular flexibility index (Phi) is 53.1. The van der Waals surface area contributed by atoms with E-state index in [9.17, 15) is 45.6 Å². The molecule has 2 saturated heterocycles. The number of unbranched alkanes of at least 4 members (excludes halogenated alkanes) is 35. The molecule has 12 atom stereocenters. The number of rotatable bonds is 58. The molecule has 0 aromatic rings. The first-order chi connectivity index (χ1) is 42.6. The van der Waals surface area contributed by atoms with E-state index in [0.717, 1.165) is 70.6 Å². The highest BCUT2D eigenvalue weighted by atomic mass is 16.7. The van der Waals surface area contributed by atoms with Crippen LogP contribution in [0.4, 0.5) is 0 Å². The van der Waals surface area contributed by atoms with Crippen molar-refractivity contribution in [2.45, 2.75) is 364 Å². The first kappa shape index (κ1) is 80.5. The zero-order chi connectivity index (χ0) is 63.1. The summed E-state index contributed by atoms with van der Waals surface area (Å²) in [5, 5.41) is 87.2. The monoisotopic (exact) mass is 1230 g/mol. The average molecular weight is 1230 g/mol. The average Bonchev–Trinajstić information content (AvgIpc) is 2.31. The lowest BCUT2D eigenvalue weighted by molar-refractivity contribution is -0.359. The van der Waals surface area contributed by atoms with Gasteiger partial charge in [0.1, 0.15) is 48.8 Å². The van der Waals surface area contributed by atoms with Gasteiger partial charge in [-0.15, -0.1) is 0 Å². The number of nitrogens with one attached hydrogen (secondary N) is 1. The van der Waals surface area contributed by atoms with Crippen LogP contribution in [0.2, 0.25) is 0 Å². The van der Waals surface area contributed by atoms with E-state index in [1.54, 1.807) is 6.08 Å². The molecule has 0 aromatic carbocycles. The van der Waals surface area contributed by atoms with Crippen molar-refractivity contribution in [3.05, 3.63) is 72.9 Å². The maximum Gasteiger partial charge on any atom is 0.220 e. The van der Waals surface area contributed by atoms with Crippen molar-refractivity contribution in [1.29, 1.82) is 0 Å². The van der Waals surface area contributed by atoms with E-state index in [1.807, 2.05) is 6.08 Å². The SMILES string of the molecule is CC/C=C\C/C=C\C/C=C\C/C=C\C/C=C\CCCCCCCCCCCCCCCCCCCCCCCCCCCC(=O)NC(COC1OC(CO)C(OC2OC(CO)C(O)C(O)C2O)C(O)C1O)C(O)/C=C/CCCCCCCCCCCC. The van der Waals surface area contributed by atoms with Crippen LogP contribution < -0.4 is 5.32 Å². The molecule has 0 radical (unpaired) electrons. The van der Waals surface area contributed by atoms with Gasteiger partial charge in [0.05, 0.1) is 32.0 Å². The zero-order valence-corrected chi connectivity index (χ0v) is 55.0. The van der Waals surface area contributed by atoms with E-state index in [2.05, 4.69) is 79.9 Å². The second-order valence-corrected chi connectivity index (χ2v) is 25.0. The molecule has 2 aliphatic heterocycles. The number of allylic oxidation sites excluding steroid dienone is 11. The Hall–Kier alpha value is -2.57. The molecule has 12 unspecified atom stereocenters. The third-order valence-electron chi connectivity index (χ3n) is 17.1. The van der Waals surface area contributed by atoms with Crippen molar-refractivity contribution in [3.63, 3.8) is 0 Å². The lowest BCUT2D eigenvalue weighted by Gasteiger charge is -2.46. The first-order valence-electron chi connectivity index (χ1n) is 35.7. The van der Waals surface area contributed by atoms with Crippen LogP contribution in [0.5, 0.6) is 0 Å². The molecule has 0 spiro atoms. The number of ether oxygens (including phenoxy) is 4. The van der Waals surface area contributed by atoms with Gasteiger partial charge in [-0.3, -0.25) is 4.79 Å². The number of aliphatic hydroxyl groups excluding tert-OH is 8. The molecule has 0 saturated carbocycles. The topological polar surface area (TPSA) is 228 Å². The fraction of sp³-hybridized carbons (Fsp3) is 0.822. The molecule has 0 aliphatic carbocycles. The summed E-state index contributed by atoms with van der Waals surface area (Å²) in [6, 6.07) is -0.913. The molecule has 87 heavy (non-hydrogen) atoms. The van der Waals surface area contributed by atoms with E-state index in [4.69, 9.17) is 18.9 Å². The highest BCUT2D eigenvalue weighted by molar-refractivity contribution is 5.76. The minimum Gasteiger partial charge on any atom is -0.394 e. The summed E-state index contributed by atoms with van der Waals surface area (Å²) in [5.74, 6) is -0.237. The molecule has 2 aliphatic rings. The molecule has 2 rings (SSSR count). The normalized spacial score (nSPS) is 23.7. The number of carbonyl (C=O) groups is 1. The standard InChI is InChI=1S/C73H131NO13/c1-3-5-7-9-11-13-15-17-18-19-20-21-22-23-24-25-26-27-28-29-30-31-32-33-34-35-36-37-38-39-40-41-42-43-44-45-47-49-51-53-55-57-65(78)74-61(62(77)56-54-52-50-48-46-16-14-12-10-8-6-4-2)60-84-72-70(83)68(81)71(64(59-76)86-72)87-73-69(82)67(80)66(79)63(58-75)85-73/h5,7,11,13,17-18,20-21,23-24,54,56,61-64,66-73,75-77,79-83H,3-4,6,8-10,12,14-16,19,22,25-53,55,57-60H2,1-2H3,(H,74,78)/b7-5-,13-11-,18-17-,21-20-,24-23-,56-54+. The Balaban J connectivity index is 1.53. The molecule has 14 heteroatoms. The van der Waals surface area contributed by atoms with Crippen LogP contribution in [0.1, 0.15) is 290 Å². The van der Waals surface area contributed by atoms with Crippen LogP contribution in [0.25, 0.3) is 0 Å². The van der Waals surface area contributed by atoms with Crippen LogP contribution in [-0.2, 0) is 23.7 Å². The van der Waals surface area contributed by atoms with Gasteiger partial charge >= 0.3 is 0 Å². The predicted octanol–water partition coefficient (Wildman–Crippen LogP) is 14.6. The third kappa shape index (κ3) is 41.5. The molecule has 1 amide bonds. The summed E-state index contributed by atoms with van der Waals surface area (Å²) < 4.78 is 22.8. The van der Waals surface area contributed by atoms with Crippen molar-refractivity contribution in [2.24, 2.45) is 0 Å². The Morgan fingerprint density at radius 1 is 0.425 bits per heavy atom. The Morgan fingerprint density at radius 3 is 1.22 bits per heavy atom. The van der Waals surface area contributed by atoms with Crippen LogP contribution in [0.3, 0.4) is 0 Å². The molecule has 9 N–H and O–H groups in total. The number of hydrogen-bond acceptors (Lipinski definition) is 13. The number of hydrogen-bond donors (Lipinski definition) is 9. The Morgan fingerprint density at radius 2 is 0.793 bits per heavy atom. The molecule has 2 heterocycles. The van der Waals surface area contributed by atoms with Gasteiger partial charge < -0.3 is 65.1 Å². The van der Waals surface area contributed by atoms with Gasteiger partial charge in [0, 0.05) is 6.42 Å². The molecule has 506 valence electrons. The van der Waals surface area contributed by atoms with Crippen molar-refractivity contribution in [2.75, 3.05) is 19.8 Å². The predicted molar refractivity (Wildman–Crippen MR) is 355 cm³/mol. The maximum absolute atomic E-state index is 13.3. The smallest absolute Gasteiger partial charge is 0.220 e. The second kappa shape index (κ2) is 57.3. The minimum atomic E-state index is -1.79. The summed E-state index contributed by atoms with van der Waals surface area (Å²) in [5.41, 5.74) is 0. The van der Waals surface area contributed by atoms with Gasteiger partial charge in [0.25, 0.3) is 0 Å². The first-order valence-corrected chi connectivity index (χ1v) is 35.7. The van der Waals surface area contributed by atoms with Crippen LogP contribution >= 0.6 is 0 Å². The largest absolute Gasteiger partial charge is 0.394 e. The third-order valence-corrected chi connectivity index (χ3v) is 17.1. The van der Waals surface area contributed by atoms with Gasteiger partial charge in [-0.2, -0.15) is 0 Å². The lowest BCUT2D eigenvalue weighted by Crippen LogP contribution is -2.65. The summed E-state index contributed by atoms with van der Waals surface area (Å²) in [4.78, 5) is 13.3. The van der Waals surface area contributed by atoms with Crippen molar-refractivity contribution in [3.8, 4) is 0 Å². The summed E-state index contributed by atoms with van der Waals surface area (Å²) in [7, 11) is 0. The lowest BCUT2D eigenvalue weighted by atomic mass is 9.97. The van der Waals surface area contributed by atoms with Crippen molar-refractivity contribution >= 4 is 5.91 Å². The number of carbonyl (C=O) groups excluding carboxylic acids is 1. The van der Waals surface area contributed by atoms with E-state index in [1.165, 1.54) is 193 Å². The second-order valence-electron chi connectivity index (χ2n) is 25.0. The molecule has 2 fully saturated rings. The summed E-state index contributed by atoms with van der Waals surface area (Å²) >= 11 is 0. The highest BCUT2D eigenvalue weighted by Gasteiger charge is 2.51. The highest BCUT2D eigenvalue weighted by Crippen LogP contribution is 2.30. The fourth-order valence-electron chi connectivity index (χ4n) is 11.5. The fourth-order valence-corrected chi connectivity index (χ4v) is 11.5. The molecule has 0 bridgehead atoms. The van der Waals surface area contributed by atoms with Gasteiger partial charge in [-0.05, 0) is 64.2 Å². The van der Waals surface area contributed by atoms with E-state index in [0.29, 0.717) is 6.42 Å². The van der Waals surface area contributed by atoms with Gasteiger partial charge in [0.2, 0.25) is 5.91 Å². The summed E-state index contributed by atoms with van der Waals surface area (Å²) in [6.45, 7) is 2.69. The van der Waals surface area contributed by atoms with Gasteiger partial charge in [-0.25, -0.2) is 0 Å². The Bertz CT molecular complexity index is 1740. The molecule has 14 nitrogen and oxygen atoms in total. The Labute approximate surface area is 529 Å². The number of aliphatic hydroxyl groups is 8. The van der Waals surface area contributed by atoms with Crippen molar-refractivity contribution in [1.82, 2.24) is 5.32 Å². The van der Waals surface area contributed by atoms with Gasteiger partial charge in [0.15, 0.2) is 12.6 Å². The molecule has 0 aromatic heterocycles. The quantitative estimate of drug-likeness (QED) is 0.0204. The van der Waals surface area contributed by atoms with Crippen LogP contribution in [0, 0.1) is 0 Å². The maximum atomic E-state index is 13.3. The van der Waals surface area contributed by atoms with Gasteiger partial charge in [-0.1, -0.05) is 292 Å². The number of amides is 1. The van der Waals surface area contributed by atoms with Crippen molar-refractivity contribution < 1.29 is 64.6 Å². The van der Waals surface area contributed by atoms with Crippen LogP contribution in [0.15, 0.2) is 72.9 Å². The minimum absolute atomic E-state index is 0.237. The van der Waals surface area contributed by atoms with E-state index < -0.39 is 86.8 Å². The van der Waals surface area contributed by atoms with E-state index >= 15 is 0 Å². The van der Waals surface area contributed by atoms with E-state index in [-0.39, 0.29) is 18.9 Å². The van der Waals surface area contributed by atoms with Crippen LogP contribution in [-0.4, -0.2) is 140 Å². The summed E-state index contributed by atoms with van der Waals surface area (Å²) in [6.07, 6.45) is 61.4.